The standard InChI is InChI=1S/C21H21N3O3S/c1-14-5-3-4-6-19(14)20-13-21(23-22-20)24-28(25,26)18-10-8-15-7-9-17(27-2)11-16(15)12-18/h3-7,9,11-13H,8,10H2,1-2H3,(H2,22,23,24). The van der Waals surface area contributed by atoms with Crippen LogP contribution in [-0.4, -0.2) is 25.7 Å². The molecule has 28 heavy (non-hydrogen) atoms. The number of benzene rings is 2. The van der Waals surface area contributed by atoms with Gasteiger partial charge in [-0.25, -0.2) is 8.42 Å². The minimum absolute atomic E-state index is 0.274. The van der Waals surface area contributed by atoms with E-state index in [1.165, 1.54) is 0 Å². The first-order valence-corrected chi connectivity index (χ1v) is 10.5. The highest BCUT2D eigenvalue weighted by Gasteiger charge is 2.23. The van der Waals surface area contributed by atoms with Gasteiger partial charge in [-0.1, -0.05) is 30.3 Å². The van der Waals surface area contributed by atoms with Gasteiger partial charge in [0.05, 0.1) is 17.7 Å². The average Bonchev–Trinajstić information content (AvgIpc) is 3.14. The van der Waals surface area contributed by atoms with Gasteiger partial charge in [0, 0.05) is 11.6 Å². The summed E-state index contributed by atoms with van der Waals surface area (Å²) in [5.74, 6) is 0.979. The van der Waals surface area contributed by atoms with E-state index in [0.717, 1.165) is 27.9 Å². The molecule has 0 spiro atoms. The minimum Gasteiger partial charge on any atom is -0.497 e. The molecular formula is C21H21N3O3S. The number of rotatable bonds is 5. The molecule has 1 aliphatic carbocycles. The number of allylic oxidation sites excluding steroid dienone is 1. The van der Waals surface area contributed by atoms with Gasteiger partial charge in [0.2, 0.25) is 0 Å². The molecule has 1 aromatic heterocycles. The second-order valence-corrected chi connectivity index (χ2v) is 8.50. The van der Waals surface area contributed by atoms with Crippen LogP contribution in [0.5, 0.6) is 5.75 Å². The van der Waals surface area contributed by atoms with Crippen LogP contribution in [0.15, 0.2) is 53.4 Å². The second kappa shape index (κ2) is 7.16. The summed E-state index contributed by atoms with van der Waals surface area (Å²) in [5, 5.41) is 7.03. The van der Waals surface area contributed by atoms with Crippen LogP contribution >= 0.6 is 0 Å². The van der Waals surface area contributed by atoms with E-state index in [0.29, 0.717) is 23.5 Å². The van der Waals surface area contributed by atoms with Gasteiger partial charge in [0.25, 0.3) is 10.0 Å². The maximum absolute atomic E-state index is 12.9. The molecule has 7 heteroatoms. The largest absolute Gasteiger partial charge is 0.497 e. The van der Waals surface area contributed by atoms with Crippen LogP contribution in [-0.2, 0) is 16.4 Å². The third-order valence-electron chi connectivity index (χ3n) is 4.91. The summed E-state index contributed by atoms with van der Waals surface area (Å²) in [6.07, 6.45) is 2.82. The zero-order chi connectivity index (χ0) is 19.7. The van der Waals surface area contributed by atoms with Crippen LogP contribution in [0.1, 0.15) is 23.1 Å². The molecule has 2 aromatic carbocycles. The van der Waals surface area contributed by atoms with Crippen molar-refractivity contribution in [3.63, 3.8) is 0 Å². The number of aryl methyl sites for hydroxylation is 2. The van der Waals surface area contributed by atoms with E-state index in [2.05, 4.69) is 14.9 Å². The van der Waals surface area contributed by atoms with Gasteiger partial charge in [-0.3, -0.25) is 9.82 Å². The lowest BCUT2D eigenvalue weighted by Crippen LogP contribution is -2.17. The van der Waals surface area contributed by atoms with Crippen molar-refractivity contribution >= 4 is 21.9 Å². The molecule has 0 atom stereocenters. The summed E-state index contributed by atoms with van der Waals surface area (Å²) in [7, 11) is -2.10. The lowest BCUT2D eigenvalue weighted by molar-refractivity contribution is 0.414. The van der Waals surface area contributed by atoms with Crippen molar-refractivity contribution in [2.24, 2.45) is 0 Å². The normalized spacial score (nSPS) is 13.6. The fourth-order valence-electron chi connectivity index (χ4n) is 3.37. The SMILES string of the molecule is COc1ccc2c(c1)C=C(S(=O)(=O)Nc1cc(-c3ccccc3C)[nH]n1)CC2. The topological polar surface area (TPSA) is 84.1 Å². The van der Waals surface area contributed by atoms with Gasteiger partial charge in [0.1, 0.15) is 5.75 Å². The van der Waals surface area contributed by atoms with Gasteiger partial charge in [-0.2, -0.15) is 5.10 Å². The number of sulfonamides is 1. The van der Waals surface area contributed by atoms with Crippen molar-refractivity contribution in [2.45, 2.75) is 19.8 Å². The predicted molar refractivity (Wildman–Crippen MR) is 111 cm³/mol. The van der Waals surface area contributed by atoms with Crippen molar-refractivity contribution in [3.8, 4) is 17.0 Å². The Morgan fingerprint density at radius 1 is 1.11 bits per heavy atom. The molecule has 1 aliphatic rings. The molecule has 144 valence electrons. The van der Waals surface area contributed by atoms with Gasteiger partial charge < -0.3 is 4.74 Å². The zero-order valence-electron chi connectivity index (χ0n) is 15.7. The summed E-state index contributed by atoms with van der Waals surface area (Å²) in [6.45, 7) is 2.00. The van der Waals surface area contributed by atoms with Crippen LogP contribution in [0.2, 0.25) is 0 Å². The van der Waals surface area contributed by atoms with Gasteiger partial charge in [-0.05, 0) is 54.7 Å². The Bertz CT molecular complexity index is 1160. The summed E-state index contributed by atoms with van der Waals surface area (Å²) >= 11 is 0. The maximum Gasteiger partial charge on any atom is 0.259 e. The molecule has 0 unspecified atom stereocenters. The number of nitrogens with zero attached hydrogens (tertiary/aromatic N) is 1. The molecule has 4 rings (SSSR count). The number of fused-ring (bicyclic) bond motifs is 1. The van der Waals surface area contributed by atoms with E-state index < -0.39 is 10.0 Å². The van der Waals surface area contributed by atoms with Crippen molar-refractivity contribution in [2.75, 3.05) is 11.8 Å². The van der Waals surface area contributed by atoms with Crippen molar-refractivity contribution in [3.05, 3.63) is 70.1 Å². The quantitative estimate of drug-likeness (QED) is 0.681. The molecule has 6 nitrogen and oxygen atoms in total. The smallest absolute Gasteiger partial charge is 0.259 e. The number of anilines is 1. The van der Waals surface area contributed by atoms with Gasteiger partial charge in [0.15, 0.2) is 5.82 Å². The van der Waals surface area contributed by atoms with Gasteiger partial charge in [-0.15, -0.1) is 0 Å². The zero-order valence-corrected chi connectivity index (χ0v) is 16.5. The van der Waals surface area contributed by atoms with E-state index in [4.69, 9.17) is 4.74 Å². The highest BCUT2D eigenvalue weighted by atomic mass is 32.2. The fraction of sp³-hybridized carbons (Fsp3) is 0.190. The van der Waals surface area contributed by atoms with E-state index in [1.54, 1.807) is 19.3 Å². The second-order valence-electron chi connectivity index (χ2n) is 6.76. The summed E-state index contributed by atoms with van der Waals surface area (Å²) in [6, 6.07) is 15.3. The minimum atomic E-state index is -3.69. The number of hydrogen-bond donors (Lipinski definition) is 2. The van der Waals surface area contributed by atoms with Gasteiger partial charge >= 0.3 is 0 Å². The lowest BCUT2D eigenvalue weighted by atomic mass is 9.97. The Balaban J connectivity index is 1.60. The third-order valence-corrected chi connectivity index (χ3v) is 6.40. The highest BCUT2D eigenvalue weighted by molar-refractivity contribution is 7.96. The first-order chi connectivity index (χ1) is 13.5. The number of aromatic nitrogens is 2. The lowest BCUT2D eigenvalue weighted by Gasteiger charge is -2.17. The first-order valence-electron chi connectivity index (χ1n) is 8.98. The number of nitrogens with one attached hydrogen (secondary N) is 2. The van der Waals surface area contributed by atoms with E-state index >= 15 is 0 Å². The molecule has 1 heterocycles. The van der Waals surface area contributed by atoms with E-state index in [9.17, 15) is 8.42 Å². The van der Waals surface area contributed by atoms with Crippen LogP contribution in [0.3, 0.4) is 0 Å². The van der Waals surface area contributed by atoms with Crippen molar-refractivity contribution in [1.29, 1.82) is 0 Å². The molecule has 0 fully saturated rings. The fourth-order valence-corrected chi connectivity index (χ4v) is 4.53. The van der Waals surface area contributed by atoms with Crippen molar-refractivity contribution in [1.82, 2.24) is 10.2 Å². The molecule has 0 bridgehead atoms. The number of aromatic amines is 1. The van der Waals surface area contributed by atoms with Crippen LogP contribution in [0.25, 0.3) is 17.3 Å². The Morgan fingerprint density at radius 3 is 2.71 bits per heavy atom. The molecule has 0 saturated carbocycles. The first kappa shape index (κ1) is 18.3. The maximum atomic E-state index is 12.9. The van der Waals surface area contributed by atoms with Crippen LogP contribution in [0.4, 0.5) is 5.82 Å². The Hall–Kier alpha value is -3.06. The third kappa shape index (κ3) is 3.53. The number of ether oxygens (including phenoxy) is 1. The molecular weight excluding hydrogens is 374 g/mol. The summed E-state index contributed by atoms with van der Waals surface area (Å²) < 4.78 is 33.6. The summed E-state index contributed by atoms with van der Waals surface area (Å²) in [4.78, 5) is 0.341. The summed E-state index contributed by atoms with van der Waals surface area (Å²) in [5.41, 5.74) is 4.82. The average molecular weight is 395 g/mol. The molecule has 0 radical (unpaired) electrons. The van der Waals surface area contributed by atoms with E-state index in [1.807, 2.05) is 49.4 Å². The highest BCUT2D eigenvalue weighted by Crippen LogP contribution is 2.31. The predicted octanol–water partition coefficient (Wildman–Crippen LogP) is 4.12. The Kier molecular flexibility index (Phi) is 4.68. The Morgan fingerprint density at radius 2 is 1.93 bits per heavy atom. The molecule has 0 amide bonds. The monoisotopic (exact) mass is 395 g/mol. The Labute approximate surface area is 164 Å². The molecule has 0 aliphatic heterocycles. The van der Waals surface area contributed by atoms with Crippen LogP contribution in [0, 0.1) is 6.92 Å². The number of hydrogen-bond acceptors (Lipinski definition) is 4. The number of methoxy groups -OCH3 is 1. The number of H-pyrrole nitrogens is 1. The molecule has 2 N–H and O–H groups in total. The van der Waals surface area contributed by atoms with E-state index in [-0.39, 0.29) is 5.82 Å². The van der Waals surface area contributed by atoms with Crippen molar-refractivity contribution < 1.29 is 13.2 Å². The van der Waals surface area contributed by atoms with Crippen LogP contribution < -0.4 is 9.46 Å². The molecule has 0 saturated heterocycles. The molecule has 3 aromatic rings.